The van der Waals surface area contributed by atoms with E-state index >= 15 is 0 Å². The highest BCUT2D eigenvalue weighted by Gasteiger charge is 2.18. The van der Waals surface area contributed by atoms with Crippen LogP contribution in [0.2, 0.25) is 0 Å². The van der Waals surface area contributed by atoms with Gasteiger partial charge in [-0.2, -0.15) is 5.26 Å². The second kappa shape index (κ2) is 3.08. The first-order valence-corrected chi connectivity index (χ1v) is 4.37. The first-order chi connectivity index (χ1) is 6.72. The minimum absolute atomic E-state index is 0.231. The minimum atomic E-state index is 0.231. The number of nitriles is 1. The van der Waals surface area contributed by atoms with E-state index in [0.717, 1.165) is 16.9 Å². The van der Waals surface area contributed by atoms with Crippen molar-refractivity contribution in [3.8, 4) is 11.8 Å². The molecule has 1 aromatic carbocycles. The lowest BCUT2D eigenvalue weighted by Crippen LogP contribution is -2.16. The molecule has 0 radical (unpaired) electrons. The zero-order chi connectivity index (χ0) is 10.1. The van der Waals surface area contributed by atoms with Gasteiger partial charge in [0.2, 0.25) is 5.88 Å². The highest BCUT2D eigenvalue weighted by molar-refractivity contribution is 5.48. The molecule has 0 atom stereocenters. The van der Waals surface area contributed by atoms with Gasteiger partial charge in [-0.3, -0.25) is 0 Å². The molecule has 2 N–H and O–H groups in total. The third kappa shape index (κ3) is 1.21. The van der Waals surface area contributed by atoms with Gasteiger partial charge in [-0.25, -0.2) is 0 Å². The molecule has 0 spiro atoms. The predicted octanol–water partition coefficient (Wildman–Crippen LogP) is 1.62. The number of nitrogens with zero attached hydrogens (tertiary/aromatic N) is 1. The quantitative estimate of drug-likeness (QED) is 0.669. The molecule has 1 heterocycles. The lowest BCUT2D eigenvalue weighted by Gasteiger charge is -2.19. The number of benzene rings is 1. The van der Waals surface area contributed by atoms with Gasteiger partial charge in [0.25, 0.3) is 0 Å². The zero-order valence-corrected chi connectivity index (χ0v) is 7.87. The van der Waals surface area contributed by atoms with Crippen LogP contribution in [0, 0.1) is 18.3 Å². The summed E-state index contributed by atoms with van der Waals surface area (Å²) in [5, 5.41) is 8.79. The van der Waals surface area contributed by atoms with Crippen LogP contribution in [0.1, 0.15) is 11.1 Å². The molecule has 0 bridgehead atoms. The van der Waals surface area contributed by atoms with E-state index in [2.05, 4.69) is 0 Å². The van der Waals surface area contributed by atoms with Crippen LogP contribution in [0.4, 0.5) is 0 Å². The average molecular weight is 186 g/mol. The molecule has 1 aliphatic rings. The first-order valence-electron chi connectivity index (χ1n) is 4.37. The van der Waals surface area contributed by atoms with Gasteiger partial charge in [-0.15, -0.1) is 0 Å². The van der Waals surface area contributed by atoms with E-state index in [-0.39, 0.29) is 5.88 Å². The van der Waals surface area contributed by atoms with E-state index in [1.165, 1.54) is 0 Å². The molecule has 70 valence electrons. The van der Waals surface area contributed by atoms with Gasteiger partial charge in [0.05, 0.1) is 5.57 Å². The minimum Gasteiger partial charge on any atom is -0.440 e. The molecule has 0 fully saturated rings. The Kier molecular flexibility index (Phi) is 1.90. The summed E-state index contributed by atoms with van der Waals surface area (Å²) in [5.74, 6) is 1.03. The molecule has 1 aromatic rings. The maximum absolute atomic E-state index is 8.79. The lowest BCUT2D eigenvalue weighted by atomic mass is 10.0. The zero-order valence-electron chi connectivity index (χ0n) is 7.87. The summed E-state index contributed by atoms with van der Waals surface area (Å²) in [4.78, 5) is 0. The topological polar surface area (TPSA) is 59.0 Å². The Bertz CT molecular complexity index is 455. The van der Waals surface area contributed by atoms with Crippen LogP contribution in [0.3, 0.4) is 0 Å². The molecule has 1 aliphatic heterocycles. The highest BCUT2D eigenvalue weighted by atomic mass is 16.5. The number of allylic oxidation sites excluding steroid dienone is 1. The lowest BCUT2D eigenvalue weighted by molar-refractivity contribution is 0.396. The maximum Gasteiger partial charge on any atom is 0.205 e. The van der Waals surface area contributed by atoms with Crippen molar-refractivity contribution in [3.63, 3.8) is 0 Å². The summed E-state index contributed by atoms with van der Waals surface area (Å²) in [5.41, 5.74) is 8.18. The molecular formula is C11H10N2O. The second-order valence-electron chi connectivity index (χ2n) is 3.30. The second-order valence-corrected chi connectivity index (χ2v) is 3.30. The van der Waals surface area contributed by atoms with Crippen molar-refractivity contribution in [2.45, 2.75) is 13.3 Å². The Balaban J connectivity index is 2.50. The number of rotatable bonds is 0. The third-order valence-corrected chi connectivity index (χ3v) is 2.31. The fourth-order valence-electron chi connectivity index (χ4n) is 1.54. The highest BCUT2D eigenvalue weighted by Crippen LogP contribution is 2.31. The van der Waals surface area contributed by atoms with Crippen molar-refractivity contribution in [2.24, 2.45) is 5.73 Å². The molecule has 0 aromatic heterocycles. The summed E-state index contributed by atoms with van der Waals surface area (Å²) < 4.78 is 5.40. The number of nitrogens with two attached hydrogens (primary N) is 1. The molecule has 0 amide bonds. The molecule has 0 aliphatic carbocycles. The van der Waals surface area contributed by atoms with Gasteiger partial charge in [0, 0.05) is 12.0 Å². The van der Waals surface area contributed by atoms with E-state index in [9.17, 15) is 0 Å². The molecule has 0 saturated carbocycles. The Morgan fingerprint density at radius 2 is 2.29 bits per heavy atom. The fourth-order valence-corrected chi connectivity index (χ4v) is 1.54. The van der Waals surface area contributed by atoms with Gasteiger partial charge in [0.15, 0.2) is 0 Å². The van der Waals surface area contributed by atoms with E-state index in [1.807, 2.05) is 31.2 Å². The summed E-state index contributed by atoms with van der Waals surface area (Å²) >= 11 is 0. The van der Waals surface area contributed by atoms with Crippen LogP contribution < -0.4 is 10.5 Å². The van der Waals surface area contributed by atoms with Crippen LogP contribution in [-0.2, 0) is 6.42 Å². The normalized spacial score (nSPS) is 14.3. The smallest absolute Gasteiger partial charge is 0.205 e. The van der Waals surface area contributed by atoms with E-state index in [4.69, 9.17) is 15.7 Å². The summed E-state index contributed by atoms with van der Waals surface area (Å²) in [6, 6.07) is 7.91. The van der Waals surface area contributed by atoms with Crippen molar-refractivity contribution in [1.29, 1.82) is 5.26 Å². The van der Waals surface area contributed by atoms with Crippen LogP contribution >= 0.6 is 0 Å². The number of hydrogen-bond acceptors (Lipinski definition) is 3. The van der Waals surface area contributed by atoms with Crippen molar-refractivity contribution >= 4 is 0 Å². The van der Waals surface area contributed by atoms with Gasteiger partial charge < -0.3 is 10.5 Å². The van der Waals surface area contributed by atoms with Crippen molar-refractivity contribution < 1.29 is 4.74 Å². The number of ether oxygens (including phenoxy) is 1. The van der Waals surface area contributed by atoms with Crippen molar-refractivity contribution in [3.05, 3.63) is 40.8 Å². The largest absolute Gasteiger partial charge is 0.440 e. The molecule has 0 saturated heterocycles. The number of hydrogen-bond donors (Lipinski definition) is 1. The van der Waals surface area contributed by atoms with E-state index in [1.54, 1.807) is 0 Å². The predicted molar refractivity (Wildman–Crippen MR) is 52.3 cm³/mol. The summed E-state index contributed by atoms with van der Waals surface area (Å²) in [7, 11) is 0. The summed E-state index contributed by atoms with van der Waals surface area (Å²) in [6.07, 6.45) is 0.569. The van der Waals surface area contributed by atoms with Crippen LogP contribution in [0.25, 0.3) is 0 Å². The molecular weight excluding hydrogens is 176 g/mol. The Hall–Kier alpha value is -1.95. The standard InChI is InChI=1S/C11H10N2O/c1-7-3-2-4-8-5-9(6-12)11(13)14-10(7)8/h2-4H,5,13H2,1H3. The summed E-state index contributed by atoms with van der Waals surface area (Å²) in [6.45, 7) is 1.96. The van der Waals surface area contributed by atoms with Gasteiger partial charge >= 0.3 is 0 Å². The molecule has 0 unspecified atom stereocenters. The Labute approximate surface area is 82.4 Å². The number of aryl methyl sites for hydroxylation is 1. The molecule has 14 heavy (non-hydrogen) atoms. The molecule has 3 heteroatoms. The van der Waals surface area contributed by atoms with Gasteiger partial charge in [-0.1, -0.05) is 18.2 Å². The fraction of sp³-hybridized carbons (Fsp3) is 0.182. The number of para-hydroxylation sites is 1. The van der Waals surface area contributed by atoms with Gasteiger partial charge in [-0.05, 0) is 12.5 Å². The number of fused-ring (bicyclic) bond motifs is 1. The van der Waals surface area contributed by atoms with E-state index < -0.39 is 0 Å². The monoisotopic (exact) mass is 186 g/mol. The van der Waals surface area contributed by atoms with Crippen molar-refractivity contribution in [2.75, 3.05) is 0 Å². The maximum atomic E-state index is 8.79. The van der Waals surface area contributed by atoms with Gasteiger partial charge in [0.1, 0.15) is 11.8 Å². The Morgan fingerprint density at radius 3 is 3.00 bits per heavy atom. The van der Waals surface area contributed by atoms with Crippen LogP contribution in [0.15, 0.2) is 29.7 Å². The SMILES string of the molecule is Cc1cccc2c1OC(N)=C(C#N)C2. The van der Waals surface area contributed by atoms with Crippen molar-refractivity contribution in [1.82, 2.24) is 0 Å². The van der Waals surface area contributed by atoms with E-state index in [0.29, 0.717) is 12.0 Å². The molecule has 2 rings (SSSR count). The molecule has 3 nitrogen and oxygen atoms in total. The third-order valence-electron chi connectivity index (χ3n) is 2.31. The Morgan fingerprint density at radius 1 is 1.50 bits per heavy atom. The first kappa shape index (κ1) is 8.64. The van der Waals surface area contributed by atoms with Crippen LogP contribution in [0.5, 0.6) is 5.75 Å². The van der Waals surface area contributed by atoms with Crippen LogP contribution in [-0.4, -0.2) is 0 Å². The average Bonchev–Trinajstić information content (AvgIpc) is 2.19.